The highest BCUT2D eigenvalue weighted by Crippen LogP contribution is 2.17. The van der Waals surface area contributed by atoms with E-state index in [0.717, 1.165) is 4.73 Å². The van der Waals surface area contributed by atoms with Crippen molar-refractivity contribution in [1.82, 2.24) is 4.73 Å². The quantitative estimate of drug-likeness (QED) is 0.325. The van der Waals surface area contributed by atoms with Crippen molar-refractivity contribution in [1.29, 1.82) is 0 Å². The molecule has 0 fully saturated rings. The van der Waals surface area contributed by atoms with Crippen molar-refractivity contribution in [3.05, 3.63) is 45.9 Å². The van der Waals surface area contributed by atoms with Gasteiger partial charge in [0.1, 0.15) is 5.36 Å². The van der Waals surface area contributed by atoms with Gasteiger partial charge in [0, 0.05) is 23.7 Å². The first-order valence-electron chi connectivity index (χ1n) is 4.30. The summed E-state index contributed by atoms with van der Waals surface area (Å²) in [5.41, 5.74) is 0.0508. The van der Waals surface area contributed by atoms with E-state index < -0.39 is 4.92 Å². The Morgan fingerprint density at radius 3 is 2.75 bits per heavy atom. The zero-order chi connectivity index (χ0) is 11.7. The second-order valence-corrected chi connectivity index (χ2v) is 3.10. The van der Waals surface area contributed by atoms with Gasteiger partial charge in [-0.3, -0.25) is 10.1 Å². The second-order valence-electron chi connectivity index (χ2n) is 3.10. The molecule has 0 atom stereocenters. The van der Waals surface area contributed by atoms with Crippen LogP contribution in [0, 0.1) is 10.1 Å². The smallest absolute Gasteiger partial charge is 0.271 e. The lowest BCUT2D eigenvalue weighted by Gasteiger charge is -2.03. The van der Waals surface area contributed by atoms with Crippen LogP contribution in [0.2, 0.25) is 0 Å². The molecule has 82 valence electrons. The van der Waals surface area contributed by atoms with Crippen LogP contribution < -0.4 is 5.36 Å². The number of pyridine rings is 1. The SMILES string of the molecule is O=[N+]([O-])c1ccc2/c(=N/O)ccn(O)c2c1. The third-order valence-electron chi connectivity index (χ3n) is 2.20. The summed E-state index contributed by atoms with van der Waals surface area (Å²) in [6, 6.07) is 5.27. The minimum absolute atomic E-state index is 0.148. The van der Waals surface area contributed by atoms with Gasteiger partial charge in [-0.1, -0.05) is 5.16 Å². The Morgan fingerprint density at radius 1 is 1.38 bits per heavy atom. The van der Waals surface area contributed by atoms with Gasteiger partial charge in [0.25, 0.3) is 5.69 Å². The van der Waals surface area contributed by atoms with Crippen molar-refractivity contribution < 1.29 is 15.3 Å². The Balaban J connectivity index is 2.89. The van der Waals surface area contributed by atoms with E-state index in [4.69, 9.17) is 5.21 Å². The summed E-state index contributed by atoms with van der Waals surface area (Å²) in [7, 11) is 0. The van der Waals surface area contributed by atoms with E-state index in [0.29, 0.717) is 5.39 Å². The first kappa shape index (κ1) is 9.97. The highest BCUT2D eigenvalue weighted by molar-refractivity contribution is 5.80. The van der Waals surface area contributed by atoms with E-state index in [2.05, 4.69) is 5.16 Å². The van der Waals surface area contributed by atoms with Gasteiger partial charge in [-0.2, -0.15) is 4.73 Å². The monoisotopic (exact) mass is 221 g/mol. The van der Waals surface area contributed by atoms with Gasteiger partial charge < -0.3 is 10.4 Å². The molecule has 0 saturated carbocycles. The zero-order valence-corrected chi connectivity index (χ0v) is 7.94. The number of nitrogens with zero attached hydrogens (tertiary/aromatic N) is 3. The molecule has 0 aliphatic rings. The molecule has 1 heterocycles. The Kier molecular flexibility index (Phi) is 2.20. The van der Waals surface area contributed by atoms with Gasteiger partial charge >= 0.3 is 0 Å². The molecular formula is C9H7N3O4. The summed E-state index contributed by atoms with van der Waals surface area (Å²) >= 11 is 0. The molecule has 1 aromatic carbocycles. The average Bonchev–Trinajstić information content (AvgIpc) is 2.29. The van der Waals surface area contributed by atoms with Crippen molar-refractivity contribution in [2.75, 3.05) is 0 Å². The van der Waals surface area contributed by atoms with E-state index in [1.54, 1.807) is 0 Å². The van der Waals surface area contributed by atoms with Crippen LogP contribution >= 0.6 is 0 Å². The lowest BCUT2D eigenvalue weighted by molar-refractivity contribution is -0.384. The maximum Gasteiger partial charge on any atom is 0.271 e. The van der Waals surface area contributed by atoms with Crippen LogP contribution in [-0.4, -0.2) is 20.1 Å². The van der Waals surface area contributed by atoms with Gasteiger partial charge in [0.15, 0.2) is 0 Å². The number of nitro benzene ring substituents is 1. The summed E-state index contributed by atoms with van der Waals surface area (Å²) in [5.74, 6) is 0. The molecule has 0 radical (unpaired) electrons. The lowest BCUT2D eigenvalue weighted by Crippen LogP contribution is -2.07. The minimum atomic E-state index is -0.567. The van der Waals surface area contributed by atoms with Crippen molar-refractivity contribution in [3.63, 3.8) is 0 Å². The molecule has 2 aromatic rings. The summed E-state index contributed by atoms with van der Waals surface area (Å²) in [4.78, 5) is 9.98. The van der Waals surface area contributed by atoms with Gasteiger partial charge in [-0.25, -0.2) is 0 Å². The average molecular weight is 221 g/mol. The highest BCUT2D eigenvalue weighted by atomic mass is 16.6. The molecule has 0 aliphatic heterocycles. The highest BCUT2D eigenvalue weighted by Gasteiger charge is 2.09. The number of hydrogen-bond acceptors (Lipinski definition) is 5. The predicted molar refractivity (Wildman–Crippen MR) is 53.1 cm³/mol. The Hall–Kier alpha value is -2.57. The third-order valence-corrected chi connectivity index (χ3v) is 2.20. The standard InChI is InChI=1S/C9H7N3O4/c13-10-8-3-4-11(14)9-5-6(12(15)16)1-2-7(8)9/h1-5,13-14H/b10-8+. The van der Waals surface area contributed by atoms with Gasteiger partial charge in [-0.15, -0.1) is 0 Å². The number of rotatable bonds is 1. The number of nitro groups is 1. The zero-order valence-electron chi connectivity index (χ0n) is 7.94. The number of aromatic nitrogens is 1. The van der Waals surface area contributed by atoms with Gasteiger partial charge in [0.2, 0.25) is 0 Å². The topological polar surface area (TPSA) is 101 Å². The molecule has 0 bridgehead atoms. The van der Waals surface area contributed by atoms with E-state index >= 15 is 0 Å². The maximum atomic E-state index is 10.6. The summed E-state index contributed by atoms with van der Waals surface area (Å²) < 4.78 is 0.733. The number of hydrogen-bond donors (Lipinski definition) is 2. The van der Waals surface area contributed by atoms with Crippen LogP contribution in [-0.2, 0) is 0 Å². The van der Waals surface area contributed by atoms with E-state index in [1.165, 1.54) is 30.5 Å². The van der Waals surface area contributed by atoms with Gasteiger partial charge in [-0.05, 0) is 12.1 Å². The van der Waals surface area contributed by atoms with Crippen LogP contribution in [0.1, 0.15) is 0 Å². The van der Waals surface area contributed by atoms with E-state index in [1.807, 2.05) is 0 Å². The van der Waals surface area contributed by atoms with Crippen LogP contribution in [0.25, 0.3) is 10.9 Å². The molecule has 1 aromatic heterocycles. The summed E-state index contributed by atoms with van der Waals surface area (Å²) in [5, 5.41) is 32.4. The third kappa shape index (κ3) is 1.44. The maximum absolute atomic E-state index is 10.6. The largest absolute Gasteiger partial charge is 0.428 e. The molecule has 7 nitrogen and oxygen atoms in total. The van der Waals surface area contributed by atoms with Crippen molar-refractivity contribution in [2.24, 2.45) is 5.16 Å². The second kappa shape index (κ2) is 3.54. The minimum Gasteiger partial charge on any atom is -0.428 e. The fourth-order valence-electron chi connectivity index (χ4n) is 1.44. The van der Waals surface area contributed by atoms with Crippen LogP contribution in [0.4, 0.5) is 5.69 Å². The molecule has 16 heavy (non-hydrogen) atoms. The molecule has 0 amide bonds. The van der Waals surface area contributed by atoms with Crippen LogP contribution in [0.5, 0.6) is 0 Å². The van der Waals surface area contributed by atoms with Crippen molar-refractivity contribution >= 4 is 16.6 Å². The molecule has 2 rings (SSSR count). The number of benzene rings is 1. The van der Waals surface area contributed by atoms with Gasteiger partial charge in [0.05, 0.1) is 10.4 Å². The lowest BCUT2D eigenvalue weighted by atomic mass is 10.2. The van der Waals surface area contributed by atoms with Crippen LogP contribution in [0.15, 0.2) is 35.6 Å². The van der Waals surface area contributed by atoms with Crippen molar-refractivity contribution in [3.8, 4) is 0 Å². The molecule has 0 unspecified atom stereocenters. The van der Waals surface area contributed by atoms with E-state index in [-0.39, 0.29) is 16.6 Å². The molecule has 2 N–H and O–H groups in total. The first-order valence-corrected chi connectivity index (χ1v) is 4.30. The molecule has 0 spiro atoms. The number of non-ortho nitro benzene ring substituents is 1. The Bertz CT molecular complexity index is 632. The fraction of sp³-hybridized carbons (Fsp3) is 0. The molecular weight excluding hydrogens is 214 g/mol. The molecule has 0 saturated heterocycles. The summed E-state index contributed by atoms with van der Waals surface area (Å²) in [6.07, 6.45) is 1.24. The predicted octanol–water partition coefficient (Wildman–Crippen LogP) is 1.08. The fourth-order valence-corrected chi connectivity index (χ4v) is 1.44. The Morgan fingerprint density at radius 2 is 2.12 bits per heavy atom. The van der Waals surface area contributed by atoms with Crippen molar-refractivity contribution in [2.45, 2.75) is 0 Å². The normalized spacial score (nSPS) is 11.9. The molecule has 7 heteroatoms. The summed E-state index contributed by atoms with van der Waals surface area (Å²) in [6.45, 7) is 0. The Labute approximate surface area is 88.6 Å². The van der Waals surface area contributed by atoms with E-state index in [9.17, 15) is 15.3 Å². The first-order chi connectivity index (χ1) is 7.63. The number of fused-ring (bicyclic) bond motifs is 1. The van der Waals surface area contributed by atoms with Crippen LogP contribution in [0.3, 0.4) is 0 Å². The molecule has 0 aliphatic carbocycles.